The smallest absolute Gasteiger partial charge is 0.262 e. The Balaban J connectivity index is 1.59. The summed E-state index contributed by atoms with van der Waals surface area (Å²) in [5.41, 5.74) is 1.72. The molecular formula is C24H20FN3O3S. The fourth-order valence-electron chi connectivity index (χ4n) is 3.20. The van der Waals surface area contributed by atoms with Gasteiger partial charge < -0.3 is 10.1 Å². The van der Waals surface area contributed by atoms with Gasteiger partial charge in [0.2, 0.25) is 5.91 Å². The van der Waals surface area contributed by atoms with E-state index in [1.54, 1.807) is 61.7 Å². The molecule has 8 heteroatoms. The molecule has 1 heterocycles. The quantitative estimate of drug-likeness (QED) is 0.336. The molecule has 0 aliphatic carbocycles. The van der Waals surface area contributed by atoms with Crippen molar-refractivity contribution in [2.75, 3.05) is 18.2 Å². The van der Waals surface area contributed by atoms with Crippen LogP contribution in [-0.2, 0) is 11.3 Å². The molecule has 162 valence electrons. The molecule has 0 unspecified atom stereocenters. The normalized spacial score (nSPS) is 10.8. The highest BCUT2D eigenvalue weighted by Gasteiger charge is 2.14. The minimum Gasteiger partial charge on any atom is -0.497 e. The van der Waals surface area contributed by atoms with E-state index in [1.165, 1.54) is 28.5 Å². The van der Waals surface area contributed by atoms with Gasteiger partial charge in [-0.2, -0.15) is 0 Å². The van der Waals surface area contributed by atoms with E-state index in [0.717, 1.165) is 5.56 Å². The maximum atomic E-state index is 13.3. The maximum absolute atomic E-state index is 13.3. The second kappa shape index (κ2) is 9.65. The number of thioether (sulfide) groups is 1. The van der Waals surface area contributed by atoms with E-state index >= 15 is 0 Å². The molecule has 1 N–H and O–H groups in total. The first kappa shape index (κ1) is 21.6. The summed E-state index contributed by atoms with van der Waals surface area (Å²) >= 11 is 1.17. The second-order valence-corrected chi connectivity index (χ2v) is 7.94. The van der Waals surface area contributed by atoms with Gasteiger partial charge in [-0.15, -0.1) is 0 Å². The Hall–Kier alpha value is -3.65. The fourth-order valence-corrected chi connectivity index (χ4v) is 4.00. The summed E-state index contributed by atoms with van der Waals surface area (Å²) in [6, 6.07) is 20.1. The zero-order chi connectivity index (χ0) is 22.5. The number of nitrogens with zero attached hydrogens (tertiary/aromatic N) is 2. The Labute approximate surface area is 188 Å². The van der Waals surface area contributed by atoms with E-state index in [9.17, 15) is 14.0 Å². The van der Waals surface area contributed by atoms with E-state index in [4.69, 9.17) is 4.74 Å². The average Bonchev–Trinajstić information content (AvgIpc) is 2.81. The van der Waals surface area contributed by atoms with Crippen molar-refractivity contribution in [2.24, 2.45) is 0 Å². The van der Waals surface area contributed by atoms with Crippen molar-refractivity contribution in [1.29, 1.82) is 0 Å². The number of halogens is 1. The summed E-state index contributed by atoms with van der Waals surface area (Å²) in [5.74, 6) is 0.117. The van der Waals surface area contributed by atoms with Crippen LogP contribution in [0.3, 0.4) is 0 Å². The van der Waals surface area contributed by atoms with Crippen LogP contribution in [0.1, 0.15) is 5.56 Å². The first-order valence-corrected chi connectivity index (χ1v) is 10.8. The van der Waals surface area contributed by atoms with Gasteiger partial charge in [0.05, 0.1) is 30.3 Å². The zero-order valence-electron chi connectivity index (χ0n) is 17.2. The predicted molar refractivity (Wildman–Crippen MR) is 124 cm³/mol. The number of ether oxygens (including phenoxy) is 1. The van der Waals surface area contributed by atoms with Crippen LogP contribution in [0.25, 0.3) is 10.9 Å². The number of methoxy groups -OCH3 is 1. The van der Waals surface area contributed by atoms with Crippen LogP contribution in [0.2, 0.25) is 0 Å². The number of nitrogens with one attached hydrogen (secondary N) is 1. The highest BCUT2D eigenvalue weighted by atomic mass is 32.2. The van der Waals surface area contributed by atoms with Crippen molar-refractivity contribution in [3.63, 3.8) is 0 Å². The second-order valence-electron chi connectivity index (χ2n) is 7.00. The lowest BCUT2D eigenvalue weighted by molar-refractivity contribution is -0.113. The lowest BCUT2D eigenvalue weighted by Gasteiger charge is -2.13. The number of rotatable bonds is 7. The zero-order valence-corrected chi connectivity index (χ0v) is 18.1. The van der Waals surface area contributed by atoms with Gasteiger partial charge in [-0.05, 0) is 42.0 Å². The lowest BCUT2D eigenvalue weighted by Crippen LogP contribution is -2.25. The molecule has 0 saturated carbocycles. The molecule has 0 aliphatic rings. The van der Waals surface area contributed by atoms with Gasteiger partial charge in [0, 0.05) is 11.8 Å². The van der Waals surface area contributed by atoms with Gasteiger partial charge in [-0.3, -0.25) is 14.2 Å². The number of benzene rings is 3. The van der Waals surface area contributed by atoms with E-state index in [-0.39, 0.29) is 29.6 Å². The number of hydrogen-bond donors (Lipinski definition) is 1. The number of fused-ring (bicyclic) bond motifs is 1. The molecular weight excluding hydrogens is 429 g/mol. The van der Waals surface area contributed by atoms with Crippen LogP contribution in [0.15, 0.2) is 82.7 Å². The molecule has 1 amide bonds. The highest BCUT2D eigenvalue weighted by molar-refractivity contribution is 7.99. The van der Waals surface area contributed by atoms with Crippen LogP contribution in [-0.4, -0.2) is 28.3 Å². The molecule has 4 rings (SSSR count). The van der Waals surface area contributed by atoms with Gasteiger partial charge in [-0.25, -0.2) is 9.37 Å². The molecule has 3 aromatic carbocycles. The molecule has 0 fully saturated rings. The topological polar surface area (TPSA) is 73.2 Å². The summed E-state index contributed by atoms with van der Waals surface area (Å²) in [4.78, 5) is 30.3. The number of aromatic nitrogens is 2. The number of hydrogen-bond acceptors (Lipinski definition) is 5. The Morgan fingerprint density at radius 1 is 1.09 bits per heavy atom. The van der Waals surface area contributed by atoms with Crippen molar-refractivity contribution in [1.82, 2.24) is 9.55 Å². The Morgan fingerprint density at radius 3 is 2.66 bits per heavy atom. The van der Waals surface area contributed by atoms with Crippen molar-refractivity contribution in [3.8, 4) is 5.75 Å². The standard InChI is InChI=1S/C24H20FN3O3S/c1-31-19-6-4-5-18(13-19)26-22(29)15-32-24-27-21-8-3-2-7-20(21)23(30)28(24)14-16-9-11-17(25)12-10-16/h2-13H,14-15H2,1H3,(H,26,29). The summed E-state index contributed by atoms with van der Waals surface area (Å²) in [7, 11) is 1.56. The van der Waals surface area contributed by atoms with Crippen LogP contribution in [0.5, 0.6) is 5.75 Å². The van der Waals surface area contributed by atoms with Crippen LogP contribution in [0, 0.1) is 5.82 Å². The first-order valence-electron chi connectivity index (χ1n) is 9.84. The minimum absolute atomic E-state index is 0.0609. The molecule has 0 bridgehead atoms. The van der Waals surface area contributed by atoms with Crippen molar-refractivity contribution in [3.05, 3.63) is 94.5 Å². The molecule has 32 heavy (non-hydrogen) atoms. The van der Waals surface area contributed by atoms with Crippen molar-refractivity contribution < 1.29 is 13.9 Å². The van der Waals surface area contributed by atoms with Gasteiger partial charge in [0.25, 0.3) is 5.56 Å². The van der Waals surface area contributed by atoms with Crippen molar-refractivity contribution >= 4 is 34.3 Å². The third-order valence-electron chi connectivity index (χ3n) is 4.77. The largest absolute Gasteiger partial charge is 0.497 e. The summed E-state index contributed by atoms with van der Waals surface area (Å²) < 4.78 is 20.0. The van der Waals surface area contributed by atoms with Gasteiger partial charge in [0.15, 0.2) is 5.16 Å². The molecule has 1 aromatic heterocycles. The van der Waals surface area contributed by atoms with Crippen molar-refractivity contribution in [2.45, 2.75) is 11.7 Å². The summed E-state index contributed by atoms with van der Waals surface area (Å²) in [5, 5.41) is 3.72. The molecule has 0 radical (unpaired) electrons. The molecule has 0 spiro atoms. The van der Waals surface area contributed by atoms with E-state index in [1.807, 2.05) is 6.07 Å². The SMILES string of the molecule is COc1cccc(NC(=O)CSc2nc3ccccc3c(=O)n2Cc2ccc(F)cc2)c1. The van der Waals surface area contributed by atoms with E-state index < -0.39 is 0 Å². The van der Waals surface area contributed by atoms with Gasteiger partial charge in [-0.1, -0.05) is 42.1 Å². The first-order chi connectivity index (χ1) is 15.5. The molecule has 0 atom stereocenters. The molecule has 6 nitrogen and oxygen atoms in total. The van der Waals surface area contributed by atoms with Gasteiger partial charge >= 0.3 is 0 Å². The summed E-state index contributed by atoms with van der Waals surface area (Å²) in [6.45, 7) is 0.219. The molecule has 4 aromatic rings. The van der Waals surface area contributed by atoms with E-state index in [0.29, 0.717) is 27.5 Å². The van der Waals surface area contributed by atoms with E-state index in [2.05, 4.69) is 10.3 Å². The highest BCUT2D eigenvalue weighted by Crippen LogP contribution is 2.21. The monoisotopic (exact) mass is 449 g/mol. The lowest BCUT2D eigenvalue weighted by atomic mass is 10.2. The number of para-hydroxylation sites is 1. The summed E-state index contributed by atoms with van der Waals surface area (Å²) in [6.07, 6.45) is 0. The average molecular weight is 450 g/mol. The molecule has 0 aliphatic heterocycles. The fraction of sp³-hybridized carbons (Fsp3) is 0.125. The Morgan fingerprint density at radius 2 is 1.88 bits per heavy atom. The third-order valence-corrected chi connectivity index (χ3v) is 5.74. The predicted octanol–water partition coefficient (Wildman–Crippen LogP) is 4.32. The Bertz CT molecular complexity index is 1320. The van der Waals surface area contributed by atoms with Crippen LogP contribution < -0.4 is 15.6 Å². The Kier molecular flexibility index (Phi) is 6.51. The minimum atomic E-state index is -0.346. The van der Waals surface area contributed by atoms with Crippen LogP contribution >= 0.6 is 11.8 Å². The maximum Gasteiger partial charge on any atom is 0.262 e. The molecule has 0 saturated heterocycles. The number of carbonyl (C=O) groups excluding carboxylic acids is 1. The van der Waals surface area contributed by atoms with Crippen LogP contribution in [0.4, 0.5) is 10.1 Å². The number of anilines is 1. The number of carbonyl (C=O) groups is 1. The third kappa shape index (κ3) is 4.97. The van der Waals surface area contributed by atoms with Gasteiger partial charge in [0.1, 0.15) is 11.6 Å². The number of amides is 1.